The molecule has 1 unspecified atom stereocenters. The quantitative estimate of drug-likeness (QED) is 0.850. The van der Waals surface area contributed by atoms with Gasteiger partial charge >= 0.3 is 0 Å². The van der Waals surface area contributed by atoms with E-state index in [4.69, 9.17) is 14.5 Å². The molecule has 1 aliphatic heterocycles. The van der Waals surface area contributed by atoms with E-state index in [0.717, 1.165) is 37.6 Å². The first kappa shape index (κ1) is 16.1. The van der Waals surface area contributed by atoms with Gasteiger partial charge in [-0.05, 0) is 32.3 Å². The molecule has 1 aliphatic rings. The molecule has 124 valence electrons. The molecule has 0 N–H and O–H groups in total. The van der Waals surface area contributed by atoms with Gasteiger partial charge in [-0.2, -0.15) is 5.10 Å². The Kier molecular flexibility index (Phi) is 4.78. The number of benzene rings is 1. The summed E-state index contributed by atoms with van der Waals surface area (Å²) < 4.78 is 13.1. The summed E-state index contributed by atoms with van der Waals surface area (Å²) in [5, 5.41) is 4.66. The Bertz CT molecular complexity index is 637. The van der Waals surface area contributed by atoms with Crippen LogP contribution in [-0.2, 0) is 22.6 Å². The van der Waals surface area contributed by atoms with Crippen LogP contribution in [0.4, 0.5) is 0 Å². The molecular formula is C18H25N3O2. The van der Waals surface area contributed by atoms with Gasteiger partial charge in [-0.3, -0.25) is 0 Å². The molecule has 1 aromatic carbocycles. The number of nitrogens with zero attached hydrogens (tertiary/aromatic N) is 3. The first-order valence-electron chi connectivity index (χ1n) is 8.18. The minimum Gasteiger partial charge on any atom is -0.377 e. The zero-order chi connectivity index (χ0) is 16.3. The third kappa shape index (κ3) is 3.98. The van der Waals surface area contributed by atoms with Gasteiger partial charge in [-0.15, -0.1) is 0 Å². The van der Waals surface area contributed by atoms with Crippen LogP contribution in [0.15, 0.2) is 30.3 Å². The lowest BCUT2D eigenvalue weighted by Gasteiger charge is -2.35. The number of hydrogen-bond donors (Lipinski definition) is 0. The maximum Gasteiger partial charge on any atom is 0.176 e. The van der Waals surface area contributed by atoms with Crippen LogP contribution >= 0.6 is 0 Å². The Balaban J connectivity index is 1.88. The summed E-state index contributed by atoms with van der Waals surface area (Å²) in [6.45, 7) is 6.25. The molecule has 1 atom stereocenters. The second-order valence-corrected chi connectivity index (χ2v) is 6.76. The van der Waals surface area contributed by atoms with Crippen molar-refractivity contribution in [2.75, 3.05) is 13.7 Å². The molecule has 0 saturated carbocycles. The number of aromatic nitrogens is 3. The lowest BCUT2D eigenvalue weighted by atomic mass is 9.88. The second-order valence-electron chi connectivity index (χ2n) is 6.76. The van der Waals surface area contributed by atoms with Crippen molar-refractivity contribution >= 4 is 0 Å². The molecule has 1 aromatic heterocycles. The average molecular weight is 315 g/mol. The molecule has 0 spiro atoms. The number of ether oxygens (including phenoxy) is 2. The Morgan fingerprint density at radius 3 is 2.78 bits per heavy atom. The fourth-order valence-electron chi connectivity index (χ4n) is 3.22. The van der Waals surface area contributed by atoms with Crippen LogP contribution in [0.25, 0.3) is 0 Å². The molecule has 5 nitrogen and oxygen atoms in total. The van der Waals surface area contributed by atoms with Gasteiger partial charge in [-0.1, -0.05) is 30.3 Å². The topological polar surface area (TPSA) is 49.2 Å². The normalized spacial score (nSPS) is 20.6. The Morgan fingerprint density at radius 2 is 2.09 bits per heavy atom. The first-order chi connectivity index (χ1) is 11.1. The van der Waals surface area contributed by atoms with Crippen molar-refractivity contribution in [3.63, 3.8) is 0 Å². The van der Waals surface area contributed by atoms with Crippen LogP contribution < -0.4 is 0 Å². The summed E-state index contributed by atoms with van der Waals surface area (Å²) >= 11 is 0. The smallest absolute Gasteiger partial charge is 0.176 e. The zero-order valence-corrected chi connectivity index (χ0v) is 14.2. The third-order valence-electron chi connectivity index (χ3n) is 4.26. The molecule has 2 heterocycles. The van der Waals surface area contributed by atoms with Crippen molar-refractivity contribution < 1.29 is 9.47 Å². The molecule has 2 aromatic rings. The number of hydrogen-bond acceptors (Lipinski definition) is 4. The van der Waals surface area contributed by atoms with Crippen molar-refractivity contribution in [1.82, 2.24) is 14.8 Å². The van der Waals surface area contributed by atoms with E-state index in [0.29, 0.717) is 12.5 Å². The summed E-state index contributed by atoms with van der Waals surface area (Å²) in [6, 6.07) is 10.4. The van der Waals surface area contributed by atoms with Gasteiger partial charge in [0.1, 0.15) is 12.4 Å². The SMILES string of the molecule is COCc1nc(C2CCOC(C)(C)C2)n(Cc2ccccc2)n1. The Morgan fingerprint density at radius 1 is 1.30 bits per heavy atom. The maximum atomic E-state index is 5.85. The largest absolute Gasteiger partial charge is 0.377 e. The fourth-order valence-corrected chi connectivity index (χ4v) is 3.22. The Labute approximate surface area is 137 Å². The minimum absolute atomic E-state index is 0.103. The third-order valence-corrected chi connectivity index (χ3v) is 4.26. The highest BCUT2D eigenvalue weighted by molar-refractivity contribution is 5.16. The maximum absolute atomic E-state index is 5.85. The zero-order valence-electron chi connectivity index (χ0n) is 14.2. The fraction of sp³-hybridized carbons (Fsp3) is 0.556. The second kappa shape index (κ2) is 6.81. The molecule has 1 fully saturated rings. The van der Waals surface area contributed by atoms with E-state index in [-0.39, 0.29) is 5.60 Å². The summed E-state index contributed by atoms with van der Waals surface area (Å²) in [5.74, 6) is 2.18. The van der Waals surface area contributed by atoms with Gasteiger partial charge in [0, 0.05) is 19.6 Å². The first-order valence-corrected chi connectivity index (χ1v) is 8.18. The van der Waals surface area contributed by atoms with Gasteiger partial charge in [-0.25, -0.2) is 9.67 Å². The minimum atomic E-state index is -0.103. The van der Waals surface area contributed by atoms with Crippen molar-refractivity contribution in [2.45, 2.75) is 51.4 Å². The van der Waals surface area contributed by atoms with Gasteiger partial charge in [0.15, 0.2) is 5.82 Å². The van der Waals surface area contributed by atoms with E-state index in [1.807, 2.05) is 10.7 Å². The predicted octanol–water partition coefficient (Wildman–Crippen LogP) is 3.15. The molecule has 23 heavy (non-hydrogen) atoms. The molecule has 5 heteroatoms. The van der Waals surface area contributed by atoms with Crippen LogP contribution in [0.2, 0.25) is 0 Å². The summed E-state index contributed by atoms with van der Waals surface area (Å²) in [6.07, 6.45) is 1.95. The van der Waals surface area contributed by atoms with E-state index < -0.39 is 0 Å². The molecular weight excluding hydrogens is 290 g/mol. The molecule has 0 radical (unpaired) electrons. The van der Waals surface area contributed by atoms with Gasteiger partial charge in [0.05, 0.1) is 12.1 Å². The van der Waals surface area contributed by atoms with Crippen molar-refractivity contribution in [3.05, 3.63) is 47.5 Å². The molecule has 3 rings (SSSR count). The van der Waals surface area contributed by atoms with Gasteiger partial charge in [0.25, 0.3) is 0 Å². The van der Waals surface area contributed by atoms with Crippen LogP contribution in [0.5, 0.6) is 0 Å². The summed E-state index contributed by atoms with van der Waals surface area (Å²) in [5.41, 5.74) is 1.13. The van der Waals surface area contributed by atoms with E-state index in [1.54, 1.807) is 7.11 Å². The molecule has 0 bridgehead atoms. The average Bonchev–Trinajstić information content (AvgIpc) is 2.90. The number of methoxy groups -OCH3 is 1. The van der Waals surface area contributed by atoms with Gasteiger partial charge in [0.2, 0.25) is 0 Å². The number of rotatable bonds is 5. The van der Waals surface area contributed by atoms with Crippen molar-refractivity contribution in [1.29, 1.82) is 0 Å². The van der Waals surface area contributed by atoms with Crippen molar-refractivity contribution in [2.24, 2.45) is 0 Å². The lowest BCUT2D eigenvalue weighted by Crippen LogP contribution is -2.34. The van der Waals surface area contributed by atoms with E-state index in [9.17, 15) is 0 Å². The molecule has 0 aliphatic carbocycles. The highest BCUT2D eigenvalue weighted by Gasteiger charge is 2.32. The van der Waals surface area contributed by atoms with E-state index in [2.05, 4.69) is 43.2 Å². The van der Waals surface area contributed by atoms with Crippen LogP contribution in [0.3, 0.4) is 0 Å². The molecule has 0 amide bonds. The monoisotopic (exact) mass is 315 g/mol. The predicted molar refractivity (Wildman–Crippen MR) is 88.3 cm³/mol. The Hall–Kier alpha value is -1.72. The van der Waals surface area contributed by atoms with Crippen molar-refractivity contribution in [3.8, 4) is 0 Å². The highest BCUT2D eigenvalue weighted by Crippen LogP contribution is 2.35. The summed E-state index contributed by atoms with van der Waals surface area (Å²) in [4.78, 5) is 4.76. The van der Waals surface area contributed by atoms with Gasteiger partial charge < -0.3 is 9.47 Å². The molecule has 1 saturated heterocycles. The summed E-state index contributed by atoms with van der Waals surface area (Å²) in [7, 11) is 1.68. The highest BCUT2D eigenvalue weighted by atomic mass is 16.5. The lowest BCUT2D eigenvalue weighted by molar-refractivity contribution is -0.0607. The van der Waals surface area contributed by atoms with Crippen LogP contribution in [-0.4, -0.2) is 34.1 Å². The van der Waals surface area contributed by atoms with Crippen LogP contribution in [0.1, 0.15) is 49.8 Å². The van der Waals surface area contributed by atoms with E-state index >= 15 is 0 Å². The standard InChI is InChI=1S/C18H25N3O2/c1-18(2)11-15(9-10-23-18)17-19-16(13-22-3)20-21(17)12-14-7-5-4-6-8-14/h4-8,15H,9-13H2,1-3H3. The van der Waals surface area contributed by atoms with Crippen LogP contribution in [0, 0.1) is 0 Å². The van der Waals surface area contributed by atoms with E-state index in [1.165, 1.54) is 5.56 Å².